The van der Waals surface area contributed by atoms with Crippen molar-refractivity contribution in [1.82, 2.24) is 15.0 Å². The van der Waals surface area contributed by atoms with Crippen molar-refractivity contribution < 1.29 is 14.2 Å². The molecule has 0 amide bonds. The molecule has 11 nitrogen and oxygen atoms in total. The number of hydrogen-bond donors (Lipinski definition) is 1. The summed E-state index contributed by atoms with van der Waals surface area (Å²) in [5.74, 6) is 0.110. The number of fused-ring (bicyclic) bond motifs is 1. The summed E-state index contributed by atoms with van der Waals surface area (Å²) in [6, 6.07) is 8.79. The van der Waals surface area contributed by atoms with Gasteiger partial charge in [-0.2, -0.15) is 5.26 Å². The van der Waals surface area contributed by atoms with Gasteiger partial charge in [-0.3, -0.25) is 9.78 Å². The number of pyridine rings is 1. The topological polar surface area (TPSA) is 147 Å². The van der Waals surface area contributed by atoms with Crippen molar-refractivity contribution in [3.63, 3.8) is 0 Å². The standard InChI is InChI=1S/C26H23Cl2N8O3/c1-36(2,14-16-8-19(12-29)34-26(16)35(38)39)7-3-4-20(37)9-18-10-21-24(13-30-18)31-15-32-25(21)33-17-5-6-22(27)23(28)11-17/h3-6,10-11,13,15H,7-9,14H2,1-2H3,(H,31,32,33)/q+1/b4-3+. The van der Waals surface area contributed by atoms with Crippen LogP contribution in [-0.4, -0.2) is 63.0 Å². The third kappa shape index (κ3) is 7.00. The van der Waals surface area contributed by atoms with E-state index < -0.39 is 4.92 Å². The Bertz CT molecular complexity index is 1610. The number of ketones is 1. The molecule has 0 unspecified atom stereocenters. The zero-order valence-corrected chi connectivity index (χ0v) is 22.6. The molecule has 0 aliphatic carbocycles. The number of halogens is 2. The number of nitrogens with zero attached hydrogens (tertiary/aromatic N) is 7. The van der Waals surface area contributed by atoms with Crippen LogP contribution in [0.25, 0.3) is 10.9 Å². The van der Waals surface area contributed by atoms with Crippen LogP contribution in [0.4, 0.5) is 11.5 Å². The van der Waals surface area contributed by atoms with Crippen LogP contribution in [-0.2, 0) is 11.2 Å². The maximum absolute atomic E-state index is 12.7. The lowest BCUT2D eigenvalue weighted by atomic mass is 10.1. The number of carbonyl (C=O) groups excluding carboxylic acids is 1. The molecular weight excluding hydrogens is 543 g/mol. The molecule has 39 heavy (non-hydrogen) atoms. The van der Waals surface area contributed by atoms with Gasteiger partial charge >= 0.3 is 5.82 Å². The molecule has 1 aliphatic rings. The fraction of sp³-hybridized carbons (Fsp3) is 0.231. The average molecular weight is 566 g/mol. The smallest absolute Gasteiger partial charge is 0.358 e. The van der Waals surface area contributed by atoms with Crippen LogP contribution in [0.15, 0.2) is 65.3 Å². The van der Waals surface area contributed by atoms with E-state index in [-0.39, 0.29) is 30.2 Å². The summed E-state index contributed by atoms with van der Waals surface area (Å²) in [7, 11) is 3.77. The van der Waals surface area contributed by atoms with Crippen LogP contribution in [0.3, 0.4) is 0 Å². The van der Waals surface area contributed by atoms with E-state index >= 15 is 0 Å². The van der Waals surface area contributed by atoms with E-state index in [0.717, 1.165) is 0 Å². The lowest BCUT2D eigenvalue weighted by molar-refractivity contribution is -0.880. The molecule has 1 aliphatic heterocycles. The Balaban J connectivity index is 1.42. The van der Waals surface area contributed by atoms with Gasteiger partial charge in [0.2, 0.25) is 5.71 Å². The first-order valence-corrected chi connectivity index (χ1v) is 12.5. The number of nitriles is 1. The highest BCUT2D eigenvalue weighted by Crippen LogP contribution is 2.29. The number of allylic oxidation sites excluding steroid dienone is 1. The number of likely N-dealkylation sites (N-methyl/N-ethyl adjacent to an activating group) is 1. The third-order valence-corrected chi connectivity index (χ3v) is 6.62. The molecule has 0 saturated heterocycles. The van der Waals surface area contributed by atoms with Crippen molar-refractivity contribution in [2.45, 2.75) is 12.8 Å². The molecule has 13 heteroatoms. The SMILES string of the molecule is C[N+](C)(C/C=C/C(=O)Cc1cc2c(Nc3ccc(Cl)c(Cl)c3)ncnc2cn1)CC1=C([N+](=O)[O-])N=C(C#N)C1. The highest BCUT2D eigenvalue weighted by atomic mass is 35.5. The Labute approximate surface area is 233 Å². The molecule has 1 N–H and O–H groups in total. The fourth-order valence-corrected chi connectivity index (χ4v) is 4.38. The van der Waals surface area contributed by atoms with Gasteiger partial charge in [-0.1, -0.05) is 23.2 Å². The number of nitrogens with one attached hydrogen (secondary N) is 1. The summed E-state index contributed by atoms with van der Waals surface area (Å²) < 4.78 is 0.347. The first kappa shape index (κ1) is 27.8. The minimum atomic E-state index is -0.563. The highest BCUT2D eigenvalue weighted by molar-refractivity contribution is 6.42. The van der Waals surface area contributed by atoms with Gasteiger partial charge < -0.3 is 19.9 Å². The summed E-state index contributed by atoms with van der Waals surface area (Å²) in [5.41, 5.74) is 2.47. The van der Waals surface area contributed by atoms with E-state index in [1.165, 1.54) is 12.4 Å². The maximum atomic E-state index is 12.7. The van der Waals surface area contributed by atoms with Crippen LogP contribution in [0, 0.1) is 21.4 Å². The zero-order valence-electron chi connectivity index (χ0n) is 21.1. The molecule has 4 rings (SSSR count). The lowest BCUT2D eigenvalue weighted by Gasteiger charge is -2.28. The van der Waals surface area contributed by atoms with Gasteiger partial charge in [0.05, 0.1) is 60.8 Å². The summed E-state index contributed by atoms with van der Waals surface area (Å²) in [6.45, 7) is 0.767. The molecule has 1 aromatic carbocycles. The predicted octanol–water partition coefficient (Wildman–Crippen LogP) is 4.68. The fourth-order valence-electron chi connectivity index (χ4n) is 4.09. The molecule has 0 radical (unpaired) electrons. The predicted molar refractivity (Wildman–Crippen MR) is 148 cm³/mol. The first-order chi connectivity index (χ1) is 18.5. The van der Waals surface area contributed by atoms with E-state index in [1.807, 2.05) is 20.2 Å². The minimum Gasteiger partial charge on any atom is -0.358 e. The van der Waals surface area contributed by atoms with Gasteiger partial charge in [-0.25, -0.2) is 9.97 Å². The number of aliphatic imine (C=N–C) groups is 1. The molecule has 0 bridgehead atoms. The molecule has 2 aromatic heterocycles. The van der Waals surface area contributed by atoms with Crippen molar-refractivity contribution in [2.24, 2.45) is 4.99 Å². The molecular formula is C26H23Cl2N8O3+. The van der Waals surface area contributed by atoms with Gasteiger partial charge in [0.15, 0.2) is 5.78 Å². The number of carbonyl (C=O) groups is 1. The number of rotatable bonds is 10. The highest BCUT2D eigenvalue weighted by Gasteiger charge is 2.33. The van der Waals surface area contributed by atoms with Gasteiger partial charge in [-0.15, -0.1) is 0 Å². The minimum absolute atomic E-state index is 0.0664. The normalized spacial score (nSPS) is 13.6. The first-order valence-electron chi connectivity index (χ1n) is 11.7. The van der Waals surface area contributed by atoms with Gasteiger partial charge in [0.1, 0.15) is 24.8 Å². The molecule has 0 saturated carbocycles. The number of nitro groups is 1. The number of aromatic nitrogens is 3. The Morgan fingerprint density at radius 3 is 2.74 bits per heavy atom. The number of anilines is 2. The second-order valence-corrected chi connectivity index (χ2v) is 10.3. The van der Waals surface area contributed by atoms with Crippen molar-refractivity contribution in [3.05, 3.63) is 86.2 Å². The van der Waals surface area contributed by atoms with Gasteiger partial charge in [-0.05, 0) is 46.3 Å². The van der Waals surface area contributed by atoms with E-state index in [4.69, 9.17) is 28.5 Å². The van der Waals surface area contributed by atoms with Crippen LogP contribution in [0.5, 0.6) is 0 Å². The van der Waals surface area contributed by atoms with E-state index in [9.17, 15) is 14.9 Å². The van der Waals surface area contributed by atoms with Gasteiger partial charge in [0.25, 0.3) is 0 Å². The number of hydrogen-bond acceptors (Lipinski definition) is 9. The maximum Gasteiger partial charge on any atom is 0.369 e. The van der Waals surface area contributed by atoms with Crippen LogP contribution >= 0.6 is 23.2 Å². The van der Waals surface area contributed by atoms with Crippen molar-refractivity contribution >= 4 is 57.1 Å². The number of benzene rings is 1. The quantitative estimate of drug-likeness (QED) is 0.161. The largest absolute Gasteiger partial charge is 0.369 e. The van der Waals surface area contributed by atoms with E-state index in [0.29, 0.717) is 61.3 Å². The Kier molecular flexibility index (Phi) is 8.30. The third-order valence-electron chi connectivity index (χ3n) is 5.88. The summed E-state index contributed by atoms with van der Waals surface area (Å²) in [5, 5.41) is 25.1. The van der Waals surface area contributed by atoms with E-state index in [1.54, 1.807) is 36.5 Å². The molecule has 3 heterocycles. The molecule has 0 fully saturated rings. The Morgan fingerprint density at radius 1 is 1.23 bits per heavy atom. The van der Waals surface area contributed by atoms with Crippen LogP contribution < -0.4 is 5.32 Å². The van der Waals surface area contributed by atoms with Crippen LogP contribution in [0.2, 0.25) is 10.0 Å². The van der Waals surface area contributed by atoms with Crippen molar-refractivity contribution in [2.75, 3.05) is 32.5 Å². The molecule has 0 spiro atoms. The summed E-state index contributed by atoms with van der Waals surface area (Å²) in [6.07, 6.45) is 6.45. The zero-order chi connectivity index (χ0) is 28.2. The van der Waals surface area contributed by atoms with Crippen LogP contribution in [0.1, 0.15) is 12.1 Å². The van der Waals surface area contributed by atoms with Crippen molar-refractivity contribution in [1.29, 1.82) is 5.26 Å². The van der Waals surface area contributed by atoms with Crippen molar-refractivity contribution in [3.8, 4) is 6.07 Å². The average Bonchev–Trinajstić information content (AvgIpc) is 3.29. The molecule has 3 aromatic rings. The summed E-state index contributed by atoms with van der Waals surface area (Å²) in [4.78, 5) is 40.2. The molecule has 198 valence electrons. The second kappa shape index (κ2) is 11.7. The lowest BCUT2D eigenvalue weighted by Crippen LogP contribution is -2.41. The Morgan fingerprint density at radius 2 is 2.03 bits per heavy atom. The number of quaternary nitrogens is 1. The summed E-state index contributed by atoms with van der Waals surface area (Å²) >= 11 is 12.1. The van der Waals surface area contributed by atoms with E-state index in [2.05, 4.69) is 25.3 Å². The monoisotopic (exact) mass is 565 g/mol. The Hall–Kier alpha value is -4.24. The molecule has 0 atom stereocenters. The van der Waals surface area contributed by atoms with Gasteiger partial charge in [0, 0.05) is 16.8 Å². The second-order valence-electron chi connectivity index (χ2n) is 9.52.